The summed E-state index contributed by atoms with van der Waals surface area (Å²) in [6.07, 6.45) is 0.00214. The van der Waals surface area contributed by atoms with Gasteiger partial charge in [-0.15, -0.1) is 0 Å². The quantitative estimate of drug-likeness (QED) is 0.831. The molecule has 0 unspecified atom stereocenters. The predicted molar refractivity (Wildman–Crippen MR) is 62.4 cm³/mol. The molecule has 90 valence electrons. The average molecular weight is 254 g/mol. The number of nitrogens with zero attached hydrogens (tertiary/aromatic N) is 1. The lowest BCUT2D eigenvalue weighted by Gasteiger charge is -2.07. The Labute approximate surface area is 104 Å². The molecule has 1 aromatic rings. The fourth-order valence-electron chi connectivity index (χ4n) is 1.40. The van der Waals surface area contributed by atoms with Gasteiger partial charge in [-0.1, -0.05) is 11.6 Å². The van der Waals surface area contributed by atoms with E-state index < -0.39 is 5.97 Å². The average Bonchev–Trinajstić information content (AvgIpc) is 2.29. The zero-order valence-electron chi connectivity index (χ0n) is 9.36. The van der Waals surface area contributed by atoms with E-state index in [9.17, 15) is 4.79 Å². The first-order valence-corrected chi connectivity index (χ1v) is 5.48. The van der Waals surface area contributed by atoms with Crippen molar-refractivity contribution in [3.63, 3.8) is 0 Å². The third kappa shape index (κ3) is 3.45. The van der Waals surface area contributed by atoms with Crippen LogP contribution in [0.2, 0.25) is 5.02 Å². The molecule has 0 heterocycles. The maximum atomic E-state index is 11.3. The van der Waals surface area contributed by atoms with Crippen molar-refractivity contribution in [1.82, 2.24) is 0 Å². The third-order valence-corrected chi connectivity index (χ3v) is 2.55. The Morgan fingerprint density at radius 1 is 1.53 bits per heavy atom. The molecular formula is C12H12ClNO3. The number of rotatable bonds is 4. The SMILES string of the molecule is CCOC(=O)Cc1cc(Cl)c(CO)cc1C#N. The molecule has 17 heavy (non-hydrogen) atoms. The molecule has 0 saturated heterocycles. The van der Waals surface area contributed by atoms with Gasteiger partial charge in [-0.2, -0.15) is 5.26 Å². The normalized spacial score (nSPS) is 9.76. The van der Waals surface area contributed by atoms with Crippen molar-refractivity contribution in [3.05, 3.63) is 33.8 Å². The highest BCUT2D eigenvalue weighted by molar-refractivity contribution is 6.31. The molecule has 5 heteroatoms. The molecule has 0 radical (unpaired) electrons. The molecule has 0 bridgehead atoms. The number of nitriles is 1. The zero-order chi connectivity index (χ0) is 12.8. The van der Waals surface area contributed by atoms with Gasteiger partial charge in [-0.3, -0.25) is 4.79 Å². The van der Waals surface area contributed by atoms with E-state index in [2.05, 4.69) is 0 Å². The van der Waals surface area contributed by atoms with Crippen LogP contribution in [0, 0.1) is 11.3 Å². The molecule has 4 nitrogen and oxygen atoms in total. The lowest BCUT2D eigenvalue weighted by Crippen LogP contribution is -2.09. The van der Waals surface area contributed by atoms with Crippen LogP contribution in [-0.4, -0.2) is 17.7 Å². The Hall–Kier alpha value is -1.57. The molecule has 1 aromatic carbocycles. The number of carbonyl (C=O) groups excluding carboxylic acids is 1. The number of hydrogen-bond donors (Lipinski definition) is 1. The summed E-state index contributed by atoms with van der Waals surface area (Å²) in [6.45, 7) is 1.77. The number of aliphatic hydroxyl groups excluding tert-OH is 1. The van der Waals surface area contributed by atoms with E-state index in [1.165, 1.54) is 12.1 Å². The third-order valence-electron chi connectivity index (χ3n) is 2.20. The van der Waals surface area contributed by atoms with Gasteiger partial charge in [-0.05, 0) is 30.2 Å². The minimum absolute atomic E-state index is 0.00214. The Kier molecular flexibility index (Phi) is 4.95. The van der Waals surface area contributed by atoms with Crippen molar-refractivity contribution in [1.29, 1.82) is 5.26 Å². The van der Waals surface area contributed by atoms with Gasteiger partial charge in [0.25, 0.3) is 0 Å². The van der Waals surface area contributed by atoms with Crippen molar-refractivity contribution in [3.8, 4) is 6.07 Å². The van der Waals surface area contributed by atoms with Crippen molar-refractivity contribution >= 4 is 17.6 Å². The van der Waals surface area contributed by atoms with Crippen LogP contribution < -0.4 is 0 Å². The fourth-order valence-corrected chi connectivity index (χ4v) is 1.64. The first-order chi connectivity index (χ1) is 8.12. The molecule has 1 rings (SSSR count). The number of benzene rings is 1. The molecule has 1 N–H and O–H groups in total. The van der Waals surface area contributed by atoms with Crippen LogP contribution in [0.15, 0.2) is 12.1 Å². The van der Waals surface area contributed by atoms with Crippen molar-refractivity contribution in [2.45, 2.75) is 20.0 Å². The number of carbonyl (C=O) groups is 1. The molecule has 0 amide bonds. The van der Waals surface area contributed by atoms with Crippen LogP contribution in [0.4, 0.5) is 0 Å². The van der Waals surface area contributed by atoms with Gasteiger partial charge in [0.2, 0.25) is 0 Å². The molecule has 0 saturated carbocycles. The summed E-state index contributed by atoms with van der Waals surface area (Å²) in [4.78, 5) is 11.3. The first-order valence-electron chi connectivity index (χ1n) is 5.10. The Morgan fingerprint density at radius 2 is 2.24 bits per heavy atom. The molecule has 0 fully saturated rings. The minimum atomic E-state index is -0.406. The highest BCUT2D eigenvalue weighted by atomic mass is 35.5. The molecule has 0 aliphatic carbocycles. The lowest BCUT2D eigenvalue weighted by atomic mass is 10.0. The van der Waals surface area contributed by atoms with Gasteiger partial charge in [0, 0.05) is 5.02 Å². The van der Waals surface area contributed by atoms with Crippen molar-refractivity contribution < 1.29 is 14.6 Å². The zero-order valence-corrected chi connectivity index (χ0v) is 10.1. The van der Waals surface area contributed by atoms with E-state index in [1.807, 2.05) is 6.07 Å². The van der Waals surface area contributed by atoms with Gasteiger partial charge in [0.1, 0.15) is 0 Å². The highest BCUT2D eigenvalue weighted by Crippen LogP contribution is 2.22. The van der Waals surface area contributed by atoms with E-state index in [0.717, 1.165) is 0 Å². The second kappa shape index (κ2) is 6.24. The second-order valence-corrected chi connectivity index (χ2v) is 3.76. The van der Waals surface area contributed by atoms with Gasteiger partial charge >= 0.3 is 5.97 Å². The van der Waals surface area contributed by atoms with Crippen molar-refractivity contribution in [2.75, 3.05) is 6.61 Å². The maximum absolute atomic E-state index is 11.3. The Balaban J connectivity index is 3.03. The van der Waals surface area contributed by atoms with Crippen LogP contribution in [-0.2, 0) is 22.6 Å². The van der Waals surface area contributed by atoms with Crippen LogP contribution in [0.25, 0.3) is 0 Å². The van der Waals surface area contributed by atoms with Gasteiger partial charge in [-0.25, -0.2) is 0 Å². The minimum Gasteiger partial charge on any atom is -0.466 e. The molecule has 0 atom stereocenters. The highest BCUT2D eigenvalue weighted by Gasteiger charge is 2.12. The molecule has 0 aliphatic rings. The topological polar surface area (TPSA) is 70.3 Å². The number of hydrogen-bond acceptors (Lipinski definition) is 4. The maximum Gasteiger partial charge on any atom is 0.310 e. The van der Waals surface area contributed by atoms with Crippen LogP contribution in [0.1, 0.15) is 23.6 Å². The molecule has 0 aliphatic heterocycles. The Bertz CT molecular complexity index is 466. The van der Waals surface area contributed by atoms with Crippen LogP contribution in [0.5, 0.6) is 0 Å². The molecule has 0 aromatic heterocycles. The van der Waals surface area contributed by atoms with Gasteiger partial charge in [0.15, 0.2) is 0 Å². The number of ether oxygens (including phenoxy) is 1. The van der Waals surface area contributed by atoms with E-state index in [-0.39, 0.29) is 13.0 Å². The summed E-state index contributed by atoms with van der Waals surface area (Å²) < 4.78 is 4.80. The summed E-state index contributed by atoms with van der Waals surface area (Å²) in [5.41, 5.74) is 1.30. The summed E-state index contributed by atoms with van der Waals surface area (Å²) in [6, 6.07) is 4.97. The van der Waals surface area contributed by atoms with Gasteiger partial charge in [0.05, 0.1) is 31.3 Å². The van der Waals surface area contributed by atoms with Crippen LogP contribution in [0.3, 0.4) is 0 Å². The summed E-state index contributed by atoms with van der Waals surface area (Å²) in [7, 11) is 0. The number of aliphatic hydroxyl groups is 1. The first kappa shape index (κ1) is 13.5. The monoisotopic (exact) mass is 253 g/mol. The summed E-state index contributed by atoms with van der Waals surface area (Å²) in [5, 5.41) is 18.3. The van der Waals surface area contributed by atoms with Gasteiger partial charge < -0.3 is 9.84 Å². The largest absolute Gasteiger partial charge is 0.466 e. The van der Waals surface area contributed by atoms with E-state index in [4.69, 9.17) is 26.7 Å². The predicted octanol–water partition coefficient (Wildman–Crippen LogP) is 1.81. The Morgan fingerprint density at radius 3 is 2.76 bits per heavy atom. The fraction of sp³-hybridized carbons (Fsp3) is 0.333. The number of halogens is 1. The van der Waals surface area contributed by atoms with E-state index >= 15 is 0 Å². The standard InChI is InChI=1S/C12H12ClNO3/c1-2-17-12(16)5-8-4-11(13)10(7-15)3-9(8)6-14/h3-4,15H,2,5,7H2,1H3. The van der Waals surface area contributed by atoms with Crippen LogP contribution >= 0.6 is 11.6 Å². The molecule has 0 spiro atoms. The van der Waals surface area contributed by atoms with Crippen molar-refractivity contribution in [2.24, 2.45) is 0 Å². The molecular weight excluding hydrogens is 242 g/mol. The number of esters is 1. The van der Waals surface area contributed by atoms with E-state index in [1.54, 1.807) is 6.92 Å². The summed E-state index contributed by atoms with van der Waals surface area (Å²) in [5.74, 6) is -0.406. The lowest BCUT2D eigenvalue weighted by molar-refractivity contribution is -0.142. The summed E-state index contributed by atoms with van der Waals surface area (Å²) >= 11 is 5.90. The smallest absolute Gasteiger partial charge is 0.310 e. The van der Waals surface area contributed by atoms with E-state index in [0.29, 0.717) is 28.3 Å². The second-order valence-electron chi connectivity index (χ2n) is 3.35.